The molecule has 2 aromatic heterocycles. The first kappa shape index (κ1) is 12.4. The second kappa shape index (κ2) is 5.09. The van der Waals surface area contributed by atoms with Crippen LogP contribution in [-0.4, -0.2) is 36.3 Å². The van der Waals surface area contributed by atoms with E-state index in [2.05, 4.69) is 20.5 Å². The second-order valence-electron chi connectivity index (χ2n) is 3.76. The van der Waals surface area contributed by atoms with Gasteiger partial charge in [-0.1, -0.05) is 11.6 Å². The van der Waals surface area contributed by atoms with Crippen molar-refractivity contribution in [2.45, 2.75) is 19.4 Å². The van der Waals surface area contributed by atoms with Crippen molar-refractivity contribution in [2.24, 2.45) is 0 Å². The summed E-state index contributed by atoms with van der Waals surface area (Å²) in [5.74, 6) is -0.492. The normalized spacial score (nSPS) is 12.3. The molecule has 1 atom stereocenters. The highest BCUT2D eigenvalue weighted by Crippen LogP contribution is 2.19. The predicted molar refractivity (Wildman–Crippen MR) is 63.0 cm³/mol. The Morgan fingerprint density at radius 1 is 1.56 bits per heavy atom. The summed E-state index contributed by atoms with van der Waals surface area (Å²) in [4.78, 5) is 14.8. The van der Waals surface area contributed by atoms with Crippen LogP contribution in [0.5, 0.6) is 0 Å². The van der Waals surface area contributed by atoms with Crippen LogP contribution in [0, 0.1) is 0 Å². The molecule has 0 aliphatic heterocycles. The van der Waals surface area contributed by atoms with Crippen molar-refractivity contribution in [3.05, 3.63) is 23.4 Å². The summed E-state index contributed by atoms with van der Waals surface area (Å²) in [6.45, 7) is 1.73. The highest BCUT2D eigenvalue weighted by atomic mass is 35.5. The summed E-state index contributed by atoms with van der Waals surface area (Å²) in [6, 6.07) is 2.99. The van der Waals surface area contributed by atoms with Crippen molar-refractivity contribution >= 4 is 17.6 Å². The summed E-state index contributed by atoms with van der Waals surface area (Å²) in [7, 11) is 0. The van der Waals surface area contributed by atoms with Crippen LogP contribution in [0.4, 0.5) is 0 Å². The minimum atomic E-state index is -0.909. The number of aromatic nitrogens is 5. The van der Waals surface area contributed by atoms with Crippen molar-refractivity contribution in [2.75, 3.05) is 0 Å². The molecule has 8 heteroatoms. The van der Waals surface area contributed by atoms with Gasteiger partial charge in [-0.25, -0.2) is 4.68 Å². The molecular formula is C10H10ClN5O2. The van der Waals surface area contributed by atoms with E-state index in [1.165, 1.54) is 10.9 Å². The minimum absolute atomic E-state index is 0.0639. The Kier molecular flexibility index (Phi) is 3.52. The third-order valence-corrected chi connectivity index (χ3v) is 2.56. The Labute approximate surface area is 107 Å². The Bertz CT molecular complexity index is 554. The van der Waals surface area contributed by atoms with Crippen molar-refractivity contribution in [3.8, 4) is 11.5 Å². The molecule has 0 bridgehead atoms. The van der Waals surface area contributed by atoms with Gasteiger partial charge in [0.1, 0.15) is 5.69 Å². The quantitative estimate of drug-likeness (QED) is 0.900. The molecule has 2 heterocycles. The summed E-state index contributed by atoms with van der Waals surface area (Å²) in [5.41, 5.74) is 0.543. The number of hydrogen-bond donors (Lipinski definition) is 1. The van der Waals surface area contributed by atoms with Crippen LogP contribution >= 0.6 is 11.6 Å². The molecule has 18 heavy (non-hydrogen) atoms. The average Bonchev–Trinajstić information content (AvgIpc) is 2.78. The van der Waals surface area contributed by atoms with Crippen LogP contribution in [0.25, 0.3) is 11.5 Å². The number of carboxylic acids is 1. The second-order valence-corrected chi connectivity index (χ2v) is 4.19. The number of hydrogen-bond acceptors (Lipinski definition) is 5. The molecule has 0 aliphatic rings. The minimum Gasteiger partial charge on any atom is -0.481 e. The van der Waals surface area contributed by atoms with Gasteiger partial charge in [-0.05, 0) is 29.5 Å². The first-order chi connectivity index (χ1) is 8.58. The van der Waals surface area contributed by atoms with Gasteiger partial charge in [0.05, 0.1) is 17.5 Å². The lowest BCUT2D eigenvalue weighted by atomic mass is 10.2. The Hall–Kier alpha value is -2.02. The van der Waals surface area contributed by atoms with E-state index >= 15 is 0 Å². The van der Waals surface area contributed by atoms with Crippen LogP contribution in [0.1, 0.15) is 19.4 Å². The highest BCUT2D eigenvalue weighted by molar-refractivity contribution is 6.30. The lowest BCUT2D eigenvalue weighted by molar-refractivity contribution is -0.137. The Morgan fingerprint density at radius 3 is 2.94 bits per heavy atom. The van der Waals surface area contributed by atoms with Gasteiger partial charge >= 0.3 is 5.97 Å². The number of rotatable bonds is 4. The van der Waals surface area contributed by atoms with Crippen LogP contribution in [0.3, 0.4) is 0 Å². The maximum atomic E-state index is 10.7. The first-order valence-corrected chi connectivity index (χ1v) is 5.57. The Balaban J connectivity index is 2.32. The fourth-order valence-corrected chi connectivity index (χ4v) is 1.62. The summed E-state index contributed by atoms with van der Waals surface area (Å²) in [5, 5.41) is 20.5. The van der Waals surface area contributed by atoms with Gasteiger partial charge in [0.2, 0.25) is 5.82 Å². The number of pyridine rings is 1. The molecule has 1 N–H and O–H groups in total. The fraction of sp³-hybridized carbons (Fsp3) is 0.300. The van der Waals surface area contributed by atoms with Gasteiger partial charge in [-0.15, -0.1) is 5.10 Å². The van der Waals surface area contributed by atoms with E-state index in [-0.39, 0.29) is 12.5 Å². The van der Waals surface area contributed by atoms with Gasteiger partial charge in [-0.2, -0.15) is 0 Å². The lowest BCUT2D eigenvalue weighted by Crippen LogP contribution is -2.13. The van der Waals surface area contributed by atoms with Crippen molar-refractivity contribution in [3.63, 3.8) is 0 Å². The number of nitrogens with zero attached hydrogens (tertiary/aromatic N) is 5. The molecule has 0 radical (unpaired) electrons. The van der Waals surface area contributed by atoms with E-state index in [1.807, 2.05) is 0 Å². The third kappa shape index (κ3) is 2.62. The summed E-state index contributed by atoms with van der Waals surface area (Å²) >= 11 is 5.75. The molecule has 1 unspecified atom stereocenters. The van der Waals surface area contributed by atoms with E-state index in [1.54, 1.807) is 19.1 Å². The lowest BCUT2D eigenvalue weighted by Gasteiger charge is -2.10. The molecule has 0 spiro atoms. The fourth-order valence-electron chi connectivity index (χ4n) is 1.51. The van der Waals surface area contributed by atoms with Gasteiger partial charge < -0.3 is 5.11 Å². The molecule has 2 aromatic rings. The molecular weight excluding hydrogens is 258 g/mol. The maximum Gasteiger partial charge on any atom is 0.305 e. The predicted octanol–water partition coefficient (Wildman–Crippen LogP) is 1.42. The molecule has 94 valence electrons. The standard InChI is InChI=1S/C10H10ClN5O2/c1-6(4-9(17)18)16-10(13-14-15-16)8-3-2-7(11)5-12-8/h2-3,5-6H,4H2,1H3,(H,17,18). The largest absolute Gasteiger partial charge is 0.481 e. The summed E-state index contributed by atoms with van der Waals surface area (Å²) in [6.07, 6.45) is 1.42. The maximum absolute atomic E-state index is 10.7. The van der Waals surface area contributed by atoms with Crippen molar-refractivity contribution < 1.29 is 9.90 Å². The molecule has 0 amide bonds. The molecule has 0 fully saturated rings. The number of tetrazole rings is 1. The van der Waals surface area contributed by atoms with Crippen molar-refractivity contribution in [1.29, 1.82) is 0 Å². The zero-order valence-corrected chi connectivity index (χ0v) is 10.2. The topological polar surface area (TPSA) is 93.8 Å². The van der Waals surface area contributed by atoms with Gasteiger partial charge in [0.15, 0.2) is 0 Å². The molecule has 2 rings (SSSR count). The smallest absolute Gasteiger partial charge is 0.305 e. The van der Waals surface area contributed by atoms with Crippen LogP contribution < -0.4 is 0 Å². The van der Waals surface area contributed by atoms with Crippen molar-refractivity contribution in [1.82, 2.24) is 25.2 Å². The zero-order valence-electron chi connectivity index (χ0n) is 9.49. The van der Waals surface area contributed by atoms with Gasteiger partial charge in [0, 0.05) is 6.20 Å². The van der Waals surface area contributed by atoms with E-state index < -0.39 is 5.97 Å². The average molecular weight is 268 g/mol. The number of carbonyl (C=O) groups is 1. The number of aliphatic carboxylic acids is 1. The number of halogens is 1. The molecule has 0 aromatic carbocycles. The van der Waals surface area contributed by atoms with E-state index in [0.29, 0.717) is 16.5 Å². The molecule has 0 saturated heterocycles. The van der Waals surface area contributed by atoms with Crippen LogP contribution in [-0.2, 0) is 4.79 Å². The number of carboxylic acid groups (broad SMARTS) is 1. The molecule has 0 saturated carbocycles. The zero-order chi connectivity index (χ0) is 13.1. The first-order valence-electron chi connectivity index (χ1n) is 5.19. The van der Waals surface area contributed by atoms with Gasteiger partial charge in [0.25, 0.3) is 0 Å². The summed E-state index contributed by atoms with van der Waals surface area (Å²) < 4.78 is 1.43. The third-order valence-electron chi connectivity index (χ3n) is 2.34. The van der Waals surface area contributed by atoms with E-state index in [9.17, 15) is 4.79 Å². The van der Waals surface area contributed by atoms with Crippen LogP contribution in [0.2, 0.25) is 5.02 Å². The van der Waals surface area contributed by atoms with E-state index in [4.69, 9.17) is 16.7 Å². The molecule has 7 nitrogen and oxygen atoms in total. The molecule has 0 aliphatic carbocycles. The van der Waals surface area contributed by atoms with E-state index in [0.717, 1.165) is 0 Å². The van der Waals surface area contributed by atoms with Crippen LogP contribution in [0.15, 0.2) is 18.3 Å². The highest BCUT2D eigenvalue weighted by Gasteiger charge is 2.17. The SMILES string of the molecule is CC(CC(=O)O)n1nnnc1-c1ccc(Cl)cn1. The monoisotopic (exact) mass is 267 g/mol. The Morgan fingerprint density at radius 2 is 2.33 bits per heavy atom. The van der Waals surface area contributed by atoms with Gasteiger partial charge in [-0.3, -0.25) is 9.78 Å².